The zero-order valence-corrected chi connectivity index (χ0v) is 10.8. The zero-order chi connectivity index (χ0) is 11.4. The van der Waals surface area contributed by atoms with Crippen molar-refractivity contribution in [1.82, 2.24) is 0 Å². The molecule has 0 aliphatic carbocycles. The molecule has 0 bridgehead atoms. The third kappa shape index (κ3) is 2.59. The maximum Gasteiger partial charge on any atom is 0.125 e. The highest BCUT2D eigenvalue weighted by Crippen LogP contribution is 2.32. The predicted molar refractivity (Wildman–Crippen MR) is 64.6 cm³/mol. The molecule has 0 radical (unpaired) electrons. The highest BCUT2D eigenvalue weighted by Gasteiger charge is 2.12. The van der Waals surface area contributed by atoms with E-state index in [9.17, 15) is 4.79 Å². The van der Waals surface area contributed by atoms with Gasteiger partial charge in [-0.2, -0.15) is 0 Å². The van der Waals surface area contributed by atoms with Gasteiger partial charge in [-0.1, -0.05) is 15.9 Å². The molecule has 0 unspecified atom stereocenters. The Morgan fingerprint density at radius 1 is 1.47 bits per heavy atom. The van der Waals surface area contributed by atoms with Gasteiger partial charge in [0, 0.05) is 10.9 Å². The van der Waals surface area contributed by atoms with E-state index in [1.807, 2.05) is 19.9 Å². The van der Waals surface area contributed by atoms with Gasteiger partial charge in [0.2, 0.25) is 0 Å². The number of carbonyl (C=O) groups is 1. The lowest BCUT2D eigenvalue weighted by atomic mass is 10.00. The molecule has 0 saturated carbocycles. The highest BCUT2D eigenvalue weighted by atomic mass is 79.9. The molecule has 1 aromatic carbocycles. The van der Waals surface area contributed by atoms with Gasteiger partial charge < -0.3 is 9.53 Å². The minimum Gasteiger partial charge on any atom is -0.496 e. The molecule has 0 spiro atoms. The maximum atomic E-state index is 10.4. The molecule has 0 N–H and O–H groups in total. The van der Waals surface area contributed by atoms with E-state index in [4.69, 9.17) is 4.74 Å². The Kier molecular flexibility index (Phi) is 4.33. The van der Waals surface area contributed by atoms with Gasteiger partial charge in [0.05, 0.1) is 7.11 Å². The Hall–Kier alpha value is -0.830. The summed E-state index contributed by atoms with van der Waals surface area (Å²) in [6, 6.07) is 2.04. The fourth-order valence-electron chi connectivity index (χ4n) is 1.70. The Morgan fingerprint density at radius 3 is 2.67 bits per heavy atom. The van der Waals surface area contributed by atoms with Crippen LogP contribution in [0.5, 0.6) is 5.75 Å². The number of carbonyl (C=O) groups excluding carboxylic acids is 1. The summed E-state index contributed by atoms with van der Waals surface area (Å²) in [5.41, 5.74) is 3.37. The van der Waals surface area contributed by atoms with Gasteiger partial charge in [-0.15, -0.1) is 0 Å². The summed E-state index contributed by atoms with van der Waals surface area (Å²) in [6.45, 7) is 4.04. The Morgan fingerprint density at radius 2 is 2.13 bits per heavy atom. The topological polar surface area (TPSA) is 26.3 Å². The molecule has 1 rings (SSSR count). The second-order valence-electron chi connectivity index (χ2n) is 3.52. The molecule has 1 aromatic rings. The van der Waals surface area contributed by atoms with E-state index in [1.54, 1.807) is 7.11 Å². The van der Waals surface area contributed by atoms with Crippen LogP contribution in [0.3, 0.4) is 0 Å². The fourth-order valence-corrected chi connectivity index (χ4v) is 2.29. The van der Waals surface area contributed by atoms with Gasteiger partial charge in [-0.05, 0) is 43.0 Å². The largest absolute Gasteiger partial charge is 0.496 e. The summed E-state index contributed by atoms with van der Waals surface area (Å²) in [6.07, 6.45) is 2.21. The molecule has 0 aliphatic heterocycles. The third-order valence-electron chi connectivity index (χ3n) is 2.50. The minimum absolute atomic E-state index is 0.535. The number of rotatable bonds is 4. The molecule has 0 atom stereocenters. The van der Waals surface area contributed by atoms with E-state index in [-0.39, 0.29) is 0 Å². The molecule has 0 saturated heterocycles. The Balaban J connectivity index is 3.23. The summed E-state index contributed by atoms with van der Waals surface area (Å²) in [5.74, 6) is 0.901. The number of methoxy groups -OCH3 is 1. The number of aldehydes is 1. The van der Waals surface area contributed by atoms with Crippen LogP contribution in [-0.2, 0) is 11.2 Å². The molecular formula is C12H15BrO2. The number of hydrogen-bond donors (Lipinski definition) is 0. The number of ether oxygens (including phenoxy) is 1. The van der Waals surface area contributed by atoms with Crippen LogP contribution in [0.15, 0.2) is 10.5 Å². The first-order valence-electron chi connectivity index (χ1n) is 4.88. The number of hydrogen-bond acceptors (Lipinski definition) is 2. The van der Waals surface area contributed by atoms with Crippen LogP contribution in [0.1, 0.15) is 23.1 Å². The van der Waals surface area contributed by atoms with Crippen LogP contribution >= 0.6 is 15.9 Å². The average Bonchev–Trinajstić information content (AvgIpc) is 2.21. The normalized spacial score (nSPS) is 10.1. The van der Waals surface area contributed by atoms with Crippen LogP contribution in [0.25, 0.3) is 0 Å². The molecule has 0 amide bonds. The van der Waals surface area contributed by atoms with Crippen molar-refractivity contribution in [1.29, 1.82) is 0 Å². The molecule has 0 fully saturated rings. The maximum absolute atomic E-state index is 10.4. The smallest absolute Gasteiger partial charge is 0.125 e. The van der Waals surface area contributed by atoms with Crippen LogP contribution in [0.4, 0.5) is 0 Å². The number of benzene rings is 1. The predicted octanol–water partition coefficient (Wildman–Crippen LogP) is 3.21. The first kappa shape index (κ1) is 12.2. The quantitative estimate of drug-likeness (QED) is 0.786. The number of aryl methyl sites for hydroxylation is 1. The Bertz CT molecular complexity index is 372. The second kappa shape index (κ2) is 5.31. The first-order chi connectivity index (χ1) is 7.11. The van der Waals surface area contributed by atoms with E-state index in [0.717, 1.165) is 39.6 Å². The van der Waals surface area contributed by atoms with Crippen molar-refractivity contribution in [2.75, 3.05) is 7.11 Å². The second-order valence-corrected chi connectivity index (χ2v) is 4.37. The van der Waals surface area contributed by atoms with E-state index in [0.29, 0.717) is 6.42 Å². The van der Waals surface area contributed by atoms with Crippen LogP contribution in [0.2, 0.25) is 0 Å². The van der Waals surface area contributed by atoms with E-state index < -0.39 is 0 Å². The molecule has 0 aromatic heterocycles. The molecule has 2 nitrogen and oxygen atoms in total. The molecular weight excluding hydrogens is 256 g/mol. The summed E-state index contributed by atoms with van der Waals surface area (Å²) >= 11 is 3.51. The zero-order valence-electron chi connectivity index (χ0n) is 9.26. The SMILES string of the molecule is COc1c(C)cc(Br)c(C)c1CCC=O. The van der Waals surface area contributed by atoms with Crippen molar-refractivity contribution in [2.45, 2.75) is 26.7 Å². The van der Waals surface area contributed by atoms with Gasteiger partial charge >= 0.3 is 0 Å². The lowest BCUT2D eigenvalue weighted by Crippen LogP contribution is -1.99. The summed E-state index contributed by atoms with van der Waals surface area (Å²) in [7, 11) is 1.67. The van der Waals surface area contributed by atoms with Gasteiger partial charge in [0.25, 0.3) is 0 Å². The molecule has 0 aliphatic rings. The van der Waals surface area contributed by atoms with Gasteiger partial charge in [-0.3, -0.25) is 0 Å². The molecule has 0 heterocycles. The van der Waals surface area contributed by atoms with Gasteiger partial charge in [0.1, 0.15) is 12.0 Å². The van der Waals surface area contributed by atoms with Crippen molar-refractivity contribution in [3.63, 3.8) is 0 Å². The average molecular weight is 271 g/mol. The van der Waals surface area contributed by atoms with E-state index in [2.05, 4.69) is 15.9 Å². The summed E-state index contributed by atoms with van der Waals surface area (Å²) in [4.78, 5) is 10.4. The summed E-state index contributed by atoms with van der Waals surface area (Å²) < 4.78 is 6.44. The van der Waals surface area contributed by atoms with Crippen molar-refractivity contribution in [3.8, 4) is 5.75 Å². The van der Waals surface area contributed by atoms with Crippen LogP contribution in [-0.4, -0.2) is 13.4 Å². The molecule has 3 heteroatoms. The van der Waals surface area contributed by atoms with Gasteiger partial charge in [0.15, 0.2) is 0 Å². The molecule has 82 valence electrons. The standard InChI is InChI=1S/C12H15BrO2/c1-8-7-11(13)9(2)10(5-4-6-14)12(8)15-3/h6-7H,4-5H2,1-3H3. The Labute approximate surface area is 98.8 Å². The lowest BCUT2D eigenvalue weighted by molar-refractivity contribution is -0.107. The molecule has 15 heavy (non-hydrogen) atoms. The highest BCUT2D eigenvalue weighted by molar-refractivity contribution is 9.10. The fraction of sp³-hybridized carbons (Fsp3) is 0.417. The van der Waals surface area contributed by atoms with Crippen LogP contribution in [0, 0.1) is 13.8 Å². The van der Waals surface area contributed by atoms with Crippen LogP contribution < -0.4 is 4.74 Å². The van der Waals surface area contributed by atoms with Crippen molar-refractivity contribution < 1.29 is 9.53 Å². The van der Waals surface area contributed by atoms with E-state index in [1.165, 1.54) is 0 Å². The van der Waals surface area contributed by atoms with Crippen molar-refractivity contribution in [2.24, 2.45) is 0 Å². The van der Waals surface area contributed by atoms with E-state index >= 15 is 0 Å². The van der Waals surface area contributed by atoms with Crippen molar-refractivity contribution in [3.05, 3.63) is 27.2 Å². The first-order valence-corrected chi connectivity index (χ1v) is 5.67. The monoisotopic (exact) mass is 270 g/mol. The third-order valence-corrected chi connectivity index (χ3v) is 3.33. The minimum atomic E-state index is 0.535. The summed E-state index contributed by atoms with van der Waals surface area (Å²) in [5, 5.41) is 0. The van der Waals surface area contributed by atoms with Crippen molar-refractivity contribution >= 4 is 22.2 Å². The number of halogens is 1. The van der Waals surface area contributed by atoms with Gasteiger partial charge in [-0.25, -0.2) is 0 Å². The lowest BCUT2D eigenvalue weighted by Gasteiger charge is -2.15.